The molecular weight excluding hydrogens is 222 g/mol. The second-order valence-corrected chi connectivity index (χ2v) is 4.58. The van der Waals surface area contributed by atoms with Crippen molar-refractivity contribution in [2.45, 2.75) is 32.2 Å². The molecule has 0 fully saturated rings. The Bertz CT molecular complexity index is 446. The highest BCUT2D eigenvalue weighted by atomic mass is 32.1. The normalized spacial score (nSPS) is 11.9. The molecule has 0 aliphatic carbocycles. The summed E-state index contributed by atoms with van der Waals surface area (Å²) in [7, 11) is 0. The molecule has 2 N–H and O–H groups in total. The van der Waals surface area contributed by atoms with E-state index in [0.29, 0.717) is 11.7 Å². The summed E-state index contributed by atoms with van der Waals surface area (Å²) >= 11 is 1.60. The minimum absolute atomic E-state index is 0.474. The molecule has 0 radical (unpaired) electrons. The second-order valence-electron chi connectivity index (χ2n) is 3.80. The van der Waals surface area contributed by atoms with Gasteiger partial charge in [0.2, 0.25) is 0 Å². The predicted octanol–water partition coefficient (Wildman–Crippen LogP) is 2.77. The zero-order chi connectivity index (χ0) is 11.6. The molecule has 0 saturated heterocycles. The van der Waals surface area contributed by atoms with Gasteiger partial charge in [0, 0.05) is 5.38 Å². The summed E-state index contributed by atoms with van der Waals surface area (Å²) in [6.07, 6.45) is 1.60. The van der Waals surface area contributed by atoms with Crippen LogP contribution in [0.25, 0.3) is 11.5 Å². The fraction of sp³-hybridized carbons (Fsp3) is 0.455. The van der Waals surface area contributed by atoms with Gasteiger partial charge < -0.3 is 10.3 Å². The van der Waals surface area contributed by atoms with Crippen molar-refractivity contribution in [1.82, 2.24) is 10.1 Å². The molecule has 0 amide bonds. The summed E-state index contributed by atoms with van der Waals surface area (Å²) in [5.74, 6) is 1.15. The first-order valence-electron chi connectivity index (χ1n) is 5.35. The van der Waals surface area contributed by atoms with Gasteiger partial charge in [-0.05, 0) is 24.3 Å². The van der Waals surface area contributed by atoms with Gasteiger partial charge in [0.05, 0.1) is 11.1 Å². The van der Waals surface area contributed by atoms with Crippen LogP contribution in [0, 0.1) is 0 Å². The molecule has 0 aliphatic heterocycles. The Hall–Kier alpha value is -1.20. The molecule has 4 nitrogen and oxygen atoms in total. The Balaban J connectivity index is 2.33. The molecule has 2 rings (SSSR count). The van der Waals surface area contributed by atoms with Crippen LogP contribution in [0.5, 0.6) is 0 Å². The minimum atomic E-state index is -0.474. The summed E-state index contributed by atoms with van der Waals surface area (Å²) in [5, 5.41) is 7.94. The van der Waals surface area contributed by atoms with Crippen LogP contribution in [0.2, 0.25) is 0 Å². The van der Waals surface area contributed by atoms with Crippen LogP contribution in [0.15, 0.2) is 21.3 Å². The third-order valence-electron chi connectivity index (χ3n) is 2.90. The summed E-state index contributed by atoms with van der Waals surface area (Å²) in [5.41, 5.74) is 6.68. The molecule has 0 aromatic carbocycles. The molecule has 2 heterocycles. The first-order valence-corrected chi connectivity index (χ1v) is 6.29. The van der Waals surface area contributed by atoms with E-state index in [1.807, 2.05) is 30.7 Å². The van der Waals surface area contributed by atoms with E-state index in [2.05, 4.69) is 10.1 Å². The summed E-state index contributed by atoms with van der Waals surface area (Å²) in [4.78, 5) is 4.37. The van der Waals surface area contributed by atoms with Crippen LogP contribution in [-0.4, -0.2) is 10.1 Å². The molecule has 2 aromatic heterocycles. The van der Waals surface area contributed by atoms with E-state index >= 15 is 0 Å². The van der Waals surface area contributed by atoms with E-state index in [-0.39, 0.29) is 0 Å². The molecule has 16 heavy (non-hydrogen) atoms. The second kappa shape index (κ2) is 4.35. The minimum Gasteiger partial charge on any atom is -0.334 e. The van der Waals surface area contributed by atoms with Crippen molar-refractivity contribution in [3.05, 3.63) is 22.7 Å². The van der Waals surface area contributed by atoms with E-state index in [1.165, 1.54) is 0 Å². The van der Waals surface area contributed by atoms with E-state index in [4.69, 9.17) is 10.3 Å². The van der Waals surface area contributed by atoms with Crippen molar-refractivity contribution in [2.75, 3.05) is 0 Å². The quantitative estimate of drug-likeness (QED) is 0.888. The monoisotopic (exact) mass is 237 g/mol. The molecule has 0 unspecified atom stereocenters. The summed E-state index contributed by atoms with van der Waals surface area (Å²) in [6.45, 7) is 4.06. The number of hydrogen-bond donors (Lipinski definition) is 1. The van der Waals surface area contributed by atoms with E-state index in [0.717, 1.165) is 18.4 Å². The highest BCUT2D eigenvalue weighted by molar-refractivity contribution is 7.08. The fourth-order valence-electron chi connectivity index (χ4n) is 1.50. The molecule has 0 saturated carbocycles. The number of aromatic nitrogens is 2. The van der Waals surface area contributed by atoms with E-state index in [1.54, 1.807) is 11.3 Å². The van der Waals surface area contributed by atoms with E-state index in [9.17, 15) is 0 Å². The van der Waals surface area contributed by atoms with Gasteiger partial charge in [0.15, 0.2) is 5.82 Å². The molecule has 2 aromatic rings. The number of rotatable bonds is 4. The summed E-state index contributed by atoms with van der Waals surface area (Å²) in [6, 6.07) is 1.96. The first-order chi connectivity index (χ1) is 7.69. The van der Waals surface area contributed by atoms with Gasteiger partial charge >= 0.3 is 0 Å². The lowest BCUT2D eigenvalue weighted by molar-refractivity contribution is 0.350. The molecule has 0 bridgehead atoms. The van der Waals surface area contributed by atoms with Crippen molar-refractivity contribution in [3.8, 4) is 11.5 Å². The SMILES string of the molecule is CCC(N)(CC)c1noc(-c2ccsc2)n1. The molecular formula is C11H15N3OS. The zero-order valence-corrected chi connectivity index (χ0v) is 10.3. The third kappa shape index (κ3) is 1.88. The van der Waals surface area contributed by atoms with Crippen LogP contribution in [-0.2, 0) is 5.54 Å². The Morgan fingerprint density at radius 3 is 2.75 bits per heavy atom. The maximum atomic E-state index is 6.20. The van der Waals surface area contributed by atoms with Crippen LogP contribution in [0.1, 0.15) is 32.5 Å². The van der Waals surface area contributed by atoms with Gasteiger partial charge in [0.1, 0.15) is 0 Å². The van der Waals surface area contributed by atoms with Gasteiger partial charge in [-0.1, -0.05) is 19.0 Å². The van der Waals surface area contributed by atoms with Crippen molar-refractivity contribution < 1.29 is 4.52 Å². The van der Waals surface area contributed by atoms with Gasteiger partial charge in [-0.3, -0.25) is 0 Å². The number of thiophene rings is 1. The molecule has 86 valence electrons. The van der Waals surface area contributed by atoms with Crippen LogP contribution in [0.4, 0.5) is 0 Å². The Labute approximate surface area is 98.5 Å². The van der Waals surface area contributed by atoms with Crippen molar-refractivity contribution in [1.29, 1.82) is 0 Å². The lowest BCUT2D eigenvalue weighted by Gasteiger charge is -2.21. The predicted molar refractivity (Wildman–Crippen MR) is 64.1 cm³/mol. The largest absolute Gasteiger partial charge is 0.334 e. The topological polar surface area (TPSA) is 64.9 Å². The van der Waals surface area contributed by atoms with Gasteiger partial charge in [-0.2, -0.15) is 16.3 Å². The highest BCUT2D eigenvalue weighted by Crippen LogP contribution is 2.26. The number of nitrogens with zero attached hydrogens (tertiary/aromatic N) is 2. The van der Waals surface area contributed by atoms with Gasteiger partial charge in [-0.25, -0.2) is 0 Å². The van der Waals surface area contributed by atoms with Crippen molar-refractivity contribution in [3.63, 3.8) is 0 Å². The van der Waals surface area contributed by atoms with Crippen LogP contribution >= 0.6 is 11.3 Å². The third-order valence-corrected chi connectivity index (χ3v) is 3.58. The molecule has 0 aliphatic rings. The van der Waals surface area contributed by atoms with Crippen LogP contribution < -0.4 is 5.73 Å². The average molecular weight is 237 g/mol. The lowest BCUT2D eigenvalue weighted by Crippen LogP contribution is -2.36. The van der Waals surface area contributed by atoms with Gasteiger partial charge in [-0.15, -0.1) is 0 Å². The number of hydrogen-bond acceptors (Lipinski definition) is 5. The fourth-order valence-corrected chi connectivity index (χ4v) is 2.13. The maximum Gasteiger partial charge on any atom is 0.258 e. The lowest BCUT2D eigenvalue weighted by atomic mass is 9.93. The highest BCUT2D eigenvalue weighted by Gasteiger charge is 2.29. The molecule has 0 spiro atoms. The van der Waals surface area contributed by atoms with Crippen LogP contribution in [0.3, 0.4) is 0 Å². The van der Waals surface area contributed by atoms with Gasteiger partial charge in [0.25, 0.3) is 5.89 Å². The van der Waals surface area contributed by atoms with Crippen molar-refractivity contribution in [2.24, 2.45) is 5.73 Å². The van der Waals surface area contributed by atoms with E-state index < -0.39 is 5.54 Å². The smallest absolute Gasteiger partial charge is 0.258 e. The maximum absolute atomic E-state index is 6.20. The Kier molecular flexibility index (Phi) is 3.07. The Morgan fingerprint density at radius 2 is 2.19 bits per heavy atom. The Morgan fingerprint density at radius 1 is 1.44 bits per heavy atom. The standard InChI is InChI=1S/C11H15N3OS/c1-3-11(12,4-2)10-13-9(15-14-10)8-5-6-16-7-8/h5-7H,3-4,12H2,1-2H3. The van der Waals surface area contributed by atoms with Crippen molar-refractivity contribution >= 4 is 11.3 Å². The number of nitrogens with two attached hydrogens (primary N) is 1. The molecule has 0 atom stereocenters. The summed E-state index contributed by atoms with van der Waals surface area (Å²) < 4.78 is 5.22. The molecule has 5 heteroatoms. The first kappa shape index (κ1) is 11.3. The zero-order valence-electron chi connectivity index (χ0n) is 9.43. The average Bonchev–Trinajstić information content (AvgIpc) is 2.97.